The van der Waals surface area contributed by atoms with Crippen LogP contribution < -0.4 is 11.1 Å². The number of benzene rings is 2. The van der Waals surface area contributed by atoms with Crippen molar-refractivity contribution >= 4 is 11.6 Å². The van der Waals surface area contributed by atoms with Gasteiger partial charge >= 0.3 is 0 Å². The predicted molar refractivity (Wildman–Crippen MR) is 120 cm³/mol. The van der Waals surface area contributed by atoms with Crippen molar-refractivity contribution in [3.63, 3.8) is 0 Å². The summed E-state index contributed by atoms with van der Waals surface area (Å²) in [6.45, 7) is 10.7. The van der Waals surface area contributed by atoms with Gasteiger partial charge in [-0.05, 0) is 54.8 Å². The van der Waals surface area contributed by atoms with E-state index in [0.717, 1.165) is 31.7 Å². The van der Waals surface area contributed by atoms with E-state index in [9.17, 15) is 9.90 Å². The molecule has 5 nitrogen and oxygen atoms in total. The van der Waals surface area contributed by atoms with Crippen LogP contribution in [0.3, 0.4) is 0 Å². The number of anilines is 1. The van der Waals surface area contributed by atoms with Gasteiger partial charge in [0.15, 0.2) is 0 Å². The first-order valence-corrected chi connectivity index (χ1v) is 10.6. The Balaban J connectivity index is 0.00000145. The largest absolute Gasteiger partial charge is 0.391 e. The summed E-state index contributed by atoms with van der Waals surface area (Å²) in [5.41, 5.74) is 10.7. The monoisotopic (exact) mass is 397 g/mol. The van der Waals surface area contributed by atoms with Crippen LogP contribution in [-0.4, -0.2) is 47.7 Å². The Morgan fingerprint density at radius 2 is 1.93 bits per heavy atom. The lowest BCUT2D eigenvalue weighted by atomic mass is 9.83. The Bertz CT molecular complexity index is 806. The molecule has 0 aromatic heterocycles. The van der Waals surface area contributed by atoms with Crippen LogP contribution in [0.25, 0.3) is 0 Å². The summed E-state index contributed by atoms with van der Waals surface area (Å²) in [7, 11) is 0. The molecule has 5 heteroatoms. The van der Waals surface area contributed by atoms with Crippen LogP contribution in [0.4, 0.5) is 5.69 Å². The zero-order valence-corrected chi connectivity index (χ0v) is 18.1. The van der Waals surface area contributed by atoms with E-state index in [0.29, 0.717) is 12.0 Å². The number of amides is 1. The fourth-order valence-corrected chi connectivity index (χ4v) is 4.01. The first-order valence-electron chi connectivity index (χ1n) is 10.6. The quantitative estimate of drug-likeness (QED) is 0.669. The van der Waals surface area contributed by atoms with Crippen LogP contribution in [0.1, 0.15) is 47.8 Å². The van der Waals surface area contributed by atoms with Gasteiger partial charge in [0.2, 0.25) is 5.91 Å². The average molecular weight is 398 g/mol. The number of carbonyl (C=O) groups is 1. The van der Waals surface area contributed by atoms with Crippen LogP contribution in [0, 0.1) is 6.92 Å². The number of nitrogens with zero attached hydrogens (tertiary/aromatic N) is 1. The van der Waals surface area contributed by atoms with Gasteiger partial charge in [0.25, 0.3) is 0 Å². The molecule has 0 saturated carbocycles. The summed E-state index contributed by atoms with van der Waals surface area (Å²) in [5, 5.41) is 14.1. The summed E-state index contributed by atoms with van der Waals surface area (Å²) in [6.07, 6.45) is 1.25. The second-order valence-corrected chi connectivity index (χ2v) is 7.26. The molecule has 0 heterocycles. The van der Waals surface area contributed by atoms with E-state index in [1.54, 1.807) is 12.1 Å². The number of carbonyl (C=O) groups excluding carboxylic acids is 1. The number of aryl methyl sites for hydroxylation is 1. The molecule has 1 aliphatic rings. The number of aliphatic hydroxyl groups excluding tert-OH is 1. The van der Waals surface area contributed by atoms with E-state index in [2.05, 4.69) is 42.3 Å². The summed E-state index contributed by atoms with van der Waals surface area (Å²) in [6, 6.07) is 13.7. The molecule has 2 atom stereocenters. The molecule has 2 unspecified atom stereocenters. The normalized spacial score (nSPS) is 17.9. The van der Waals surface area contributed by atoms with Gasteiger partial charge in [-0.1, -0.05) is 45.0 Å². The van der Waals surface area contributed by atoms with Gasteiger partial charge in [0.05, 0.1) is 6.10 Å². The second kappa shape index (κ2) is 11.0. The third kappa shape index (κ3) is 5.81. The highest BCUT2D eigenvalue weighted by molar-refractivity contribution is 5.93. The van der Waals surface area contributed by atoms with Crippen LogP contribution >= 0.6 is 0 Å². The number of nitrogens with two attached hydrogens (primary N) is 1. The molecule has 0 fully saturated rings. The Morgan fingerprint density at radius 1 is 1.21 bits per heavy atom. The minimum Gasteiger partial charge on any atom is -0.391 e. The second-order valence-electron chi connectivity index (χ2n) is 7.26. The number of hydrogen-bond acceptors (Lipinski definition) is 4. The number of primary amides is 1. The van der Waals surface area contributed by atoms with Crippen molar-refractivity contribution < 1.29 is 9.90 Å². The number of hydrogen-bond donors (Lipinski definition) is 3. The van der Waals surface area contributed by atoms with E-state index in [-0.39, 0.29) is 12.1 Å². The Morgan fingerprint density at radius 3 is 2.62 bits per heavy atom. The standard InChI is InChI=1S/C22H29N3O2.C2H6/c1-3-25(11-10-24-18-9-5-8-17(12-18)22(23)27)20-14-19-15(2)6-4-7-16(19)13-21(20)26;1-2/h4-9,12,20-21,24,26H,3,10-11,13-14H2,1-2H3,(H2,23,27);1-2H3. The van der Waals surface area contributed by atoms with Gasteiger partial charge in [0.1, 0.15) is 0 Å². The van der Waals surface area contributed by atoms with Crippen LogP contribution in [0.2, 0.25) is 0 Å². The lowest BCUT2D eigenvalue weighted by molar-refractivity contribution is 0.0472. The van der Waals surface area contributed by atoms with Crippen molar-refractivity contribution in [3.8, 4) is 0 Å². The molecule has 0 aliphatic heterocycles. The summed E-state index contributed by atoms with van der Waals surface area (Å²) < 4.78 is 0. The maximum absolute atomic E-state index is 11.3. The number of rotatable bonds is 7. The smallest absolute Gasteiger partial charge is 0.248 e. The molecule has 0 radical (unpaired) electrons. The molecule has 1 aliphatic carbocycles. The third-order valence-corrected chi connectivity index (χ3v) is 5.54. The highest BCUT2D eigenvalue weighted by atomic mass is 16.3. The van der Waals surface area contributed by atoms with E-state index in [4.69, 9.17) is 5.73 Å². The lowest BCUT2D eigenvalue weighted by Crippen LogP contribution is -2.49. The molecule has 29 heavy (non-hydrogen) atoms. The minimum absolute atomic E-state index is 0.127. The zero-order chi connectivity index (χ0) is 21.4. The molecular formula is C24H35N3O2. The topological polar surface area (TPSA) is 78.6 Å². The number of nitrogens with one attached hydrogen (secondary N) is 1. The number of fused-ring (bicyclic) bond motifs is 1. The molecule has 0 saturated heterocycles. The fourth-order valence-electron chi connectivity index (χ4n) is 4.01. The van der Waals surface area contributed by atoms with Gasteiger partial charge in [-0.3, -0.25) is 9.69 Å². The first-order chi connectivity index (χ1) is 14.0. The van der Waals surface area contributed by atoms with Gasteiger partial charge in [0, 0.05) is 36.8 Å². The third-order valence-electron chi connectivity index (χ3n) is 5.54. The maximum Gasteiger partial charge on any atom is 0.248 e. The van der Waals surface area contributed by atoms with Crippen molar-refractivity contribution in [2.75, 3.05) is 25.0 Å². The van der Waals surface area contributed by atoms with Crippen LogP contribution in [0.5, 0.6) is 0 Å². The molecule has 0 spiro atoms. The molecule has 2 aromatic carbocycles. The summed E-state index contributed by atoms with van der Waals surface area (Å²) >= 11 is 0. The first kappa shape index (κ1) is 22.9. The van der Waals surface area contributed by atoms with Gasteiger partial charge in [-0.25, -0.2) is 0 Å². The Hall–Kier alpha value is -2.37. The molecule has 3 rings (SSSR count). The maximum atomic E-state index is 11.3. The molecule has 0 bridgehead atoms. The molecule has 2 aromatic rings. The van der Waals surface area contributed by atoms with E-state index >= 15 is 0 Å². The SMILES string of the molecule is CC.CCN(CCNc1cccc(C(N)=O)c1)C1Cc2c(C)cccc2CC1O. The van der Waals surface area contributed by atoms with Crippen LogP contribution in [-0.2, 0) is 12.8 Å². The minimum atomic E-state index is -0.423. The van der Waals surface area contributed by atoms with E-state index in [1.165, 1.54) is 16.7 Å². The van der Waals surface area contributed by atoms with E-state index in [1.807, 2.05) is 26.0 Å². The predicted octanol–water partition coefficient (Wildman–Crippen LogP) is 3.38. The fraction of sp³-hybridized carbons (Fsp3) is 0.458. The molecule has 158 valence electrons. The lowest BCUT2D eigenvalue weighted by Gasteiger charge is -2.38. The molecular weight excluding hydrogens is 362 g/mol. The number of aliphatic hydroxyl groups is 1. The van der Waals surface area contributed by atoms with Crippen LogP contribution in [0.15, 0.2) is 42.5 Å². The molecule has 1 amide bonds. The van der Waals surface area contributed by atoms with E-state index < -0.39 is 5.91 Å². The highest BCUT2D eigenvalue weighted by Crippen LogP contribution is 2.27. The summed E-state index contributed by atoms with van der Waals surface area (Å²) in [4.78, 5) is 13.6. The van der Waals surface area contributed by atoms with Crippen molar-refractivity contribution in [2.45, 2.75) is 52.7 Å². The van der Waals surface area contributed by atoms with Crippen molar-refractivity contribution in [3.05, 3.63) is 64.7 Å². The Kier molecular flexibility index (Phi) is 8.68. The van der Waals surface area contributed by atoms with Gasteiger partial charge in [-0.15, -0.1) is 0 Å². The zero-order valence-electron chi connectivity index (χ0n) is 18.1. The van der Waals surface area contributed by atoms with Crippen molar-refractivity contribution in [1.29, 1.82) is 0 Å². The molecule has 4 N–H and O–H groups in total. The van der Waals surface area contributed by atoms with Crippen molar-refractivity contribution in [1.82, 2.24) is 4.90 Å². The highest BCUT2D eigenvalue weighted by Gasteiger charge is 2.31. The summed E-state index contributed by atoms with van der Waals surface area (Å²) in [5.74, 6) is -0.423. The number of likely N-dealkylation sites (N-methyl/N-ethyl adjacent to an activating group) is 1. The van der Waals surface area contributed by atoms with Crippen molar-refractivity contribution in [2.24, 2.45) is 5.73 Å². The average Bonchev–Trinajstić information content (AvgIpc) is 2.73. The van der Waals surface area contributed by atoms with Gasteiger partial charge in [-0.2, -0.15) is 0 Å². The Labute approximate surface area is 174 Å². The van der Waals surface area contributed by atoms with Gasteiger partial charge < -0.3 is 16.2 Å².